The third-order valence-corrected chi connectivity index (χ3v) is 5.96. The van der Waals surface area contributed by atoms with Crippen molar-refractivity contribution in [1.82, 2.24) is 30.2 Å². The van der Waals surface area contributed by atoms with Gasteiger partial charge >= 0.3 is 0 Å². The van der Waals surface area contributed by atoms with Gasteiger partial charge in [-0.05, 0) is 49.4 Å². The normalized spacial score (nSPS) is 19.2. The molecule has 1 aliphatic rings. The number of amides is 1. The molecule has 3 aromatic heterocycles. The predicted octanol–water partition coefficient (Wildman–Crippen LogP) is 2.97. The molecule has 1 aromatic carbocycles. The first kappa shape index (κ1) is 25.4. The van der Waals surface area contributed by atoms with Gasteiger partial charge in [0, 0.05) is 36.4 Å². The summed E-state index contributed by atoms with van der Waals surface area (Å²) in [6.45, 7) is 1.90. The van der Waals surface area contributed by atoms with E-state index in [1.54, 1.807) is 55.8 Å². The number of nitrogens with one attached hydrogen (secondary N) is 3. The van der Waals surface area contributed by atoms with Crippen LogP contribution < -0.4 is 10.6 Å². The molecular weight excluding hydrogens is 493 g/mol. The number of rotatable bonds is 8. The number of halogens is 1. The molecule has 196 valence electrons. The summed E-state index contributed by atoms with van der Waals surface area (Å²) in [5, 5.41) is 14.8. The Morgan fingerprint density at radius 1 is 1.11 bits per heavy atom. The van der Waals surface area contributed by atoms with Gasteiger partial charge in [-0.25, -0.2) is 19.3 Å². The highest BCUT2D eigenvalue weighted by molar-refractivity contribution is 5.82. The number of benzene rings is 1. The second-order valence-corrected chi connectivity index (χ2v) is 8.97. The standard InChI is InChI=1S/C26H26FN7O4/c1-26(24(36)29-12-13-35)14-37-23(38-15-26)22-33-20(16-2-4-17(27)5-3-16)21(34-22)19-8-11-30-25(32-19)31-18-6-9-28-10-7-18/h2-11,23,35H,12-15H2,1H3,(H,29,36)(H,33,34)(H,28,30,31,32). The Kier molecular flexibility index (Phi) is 7.36. The number of H-pyrrole nitrogens is 1. The molecule has 4 aromatic rings. The molecule has 38 heavy (non-hydrogen) atoms. The second kappa shape index (κ2) is 11.0. The van der Waals surface area contributed by atoms with E-state index in [0.29, 0.717) is 34.4 Å². The molecule has 1 aliphatic heterocycles. The van der Waals surface area contributed by atoms with Crippen molar-refractivity contribution in [2.24, 2.45) is 5.41 Å². The Bertz CT molecular complexity index is 1390. The predicted molar refractivity (Wildman–Crippen MR) is 135 cm³/mol. The van der Waals surface area contributed by atoms with Crippen LogP contribution in [0.4, 0.5) is 16.0 Å². The summed E-state index contributed by atoms with van der Waals surface area (Å²) in [4.78, 5) is 33.4. The topological polar surface area (TPSA) is 147 Å². The first-order valence-corrected chi connectivity index (χ1v) is 11.9. The molecule has 4 N–H and O–H groups in total. The van der Waals surface area contributed by atoms with Gasteiger partial charge in [0.25, 0.3) is 0 Å². The van der Waals surface area contributed by atoms with Crippen LogP contribution in [0.1, 0.15) is 19.0 Å². The lowest BCUT2D eigenvalue weighted by Crippen LogP contribution is -2.49. The fourth-order valence-electron chi connectivity index (χ4n) is 3.91. The quantitative estimate of drug-likeness (QED) is 0.276. The van der Waals surface area contributed by atoms with Gasteiger partial charge in [0.2, 0.25) is 18.1 Å². The molecular formula is C26H26FN7O4. The Balaban J connectivity index is 1.44. The number of imidazole rings is 1. The second-order valence-electron chi connectivity index (χ2n) is 8.97. The average Bonchev–Trinajstić information content (AvgIpc) is 3.39. The maximum Gasteiger partial charge on any atom is 0.230 e. The van der Waals surface area contributed by atoms with Crippen LogP contribution in [0, 0.1) is 11.2 Å². The minimum atomic E-state index is -0.916. The van der Waals surface area contributed by atoms with Crippen LogP contribution in [-0.4, -0.2) is 62.3 Å². The summed E-state index contributed by atoms with van der Waals surface area (Å²) < 4.78 is 25.4. The van der Waals surface area contributed by atoms with Crippen molar-refractivity contribution in [3.8, 4) is 22.6 Å². The summed E-state index contributed by atoms with van der Waals surface area (Å²) in [6.07, 6.45) is 4.07. The molecule has 12 heteroatoms. The SMILES string of the molecule is CC1(C(=O)NCCO)COC(c2nc(-c3ccc(F)cc3)c(-c3ccnc(Nc4ccncc4)n3)[nH]2)OC1. The molecule has 1 amide bonds. The minimum absolute atomic E-state index is 0.0877. The van der Waals surface area contributed by atoms with Crippen molar-refractivity contribution in [3.05, 3.63) is 72.7 Å². The van der Waals surface area contributed by atoms with Crippen LogP contribution in [0.5, 0.6) is 0 Å². The van der Waals surface area contributed by atoms with Crippen molar-refractivity contribution in [2.45, 2.75) is 13.2 Å². The number of anilines is 2. The molecule has 0 aliphatic carbocycles. The molecule has 0 unspecified atom stereocenters. The van der Waals surface area contributed by atoms with Crippen molar-refractivity contribution >= 4 is 17.5 Å². The largest absolute Gasteiger partial charge is 0.395 e. The van der Waals surface area contributed by atoms with Crippen molar-refractivity contribution in [2.75, 3.05) is 31.7 Å². The van der Waals surface area contributed by atoms with E-state index >= 15 is 0 Å². The van der Waals surface area contributed by atoms with Crippen molar-refractivity contribution < 1.29 is 23.8 Å². The molecule has 0 atom stereocenters. The van der Waals surface area contributed by atoms with Crippen LogP contribution in [0.3, 0.4) is 0 Å². The van der Waals surface area contributed by atoms with E-state index in [1.165, 1.54) is 12.1 Å². The Morgan fingerprint density at radius 3 is 2.55 bits per heavy atom. The maximum atomic E-state index is 13.6. The van der Waals surface area contributed by atoms with E-state index in [2.05, 4.69) is 30.6 Å². The Hall–Kier alpha value is -4.26. The number of carbonyl (C=O) groups is 1. The summed E-state index contributed by atoms with van der Waals surface area (Å²) in [5.41, 5.74) is 2.15. The summed E-state index contributed by atoms with van der Waals surface area (Å²) in [5.74, 6) is 0.103. The van der Waals surface area contributed by atoms with Crippen LogP contribution in [0.25, 0.3) is 22.6 Å². The number of ether oxygens (including phenoxy) is 2. The highest BCUT2D eigenvalue weighted by atomic mass is 19.1. The molecule has 5 rings (SSSR count). The number of aliphatic hydroxyl groups is 1. The monoisotopic (exact) mass is 519 g/mol. The average molecular weight is 520 g/mol. The number of nitrogens with zero attached hydrogens (tertiary/aromatic N) is 4. The van der Waals surface area contributed by atoms with Crippen molar-refractivity contribution in [3.63, 3.8) is 0 Å². The Morgan fingerprint density at radius 2 is 1.84 bits per heavy atom. The fraction of sp³-hybridized carbons (Fsp3) is 0.269. The summed E-state index contributed by atoms with van der Waals surface area (Å²) >= 11 is 0. The Labute approximate surface area is 217 Å². The smallest absolute Gasteiger partial charge is 0.230 e. The number of aromatic nitrogens is 5. The molecule has 4 heterocycles. The number of carbonyl (C=O) groups excluding carboxylic acids is 1. The van der Waals surface area contributed by atoms with E-state index in [4.69, 9.17) is 19.6 Å². The molecule has 11 nitrogen and oxygen atoms in total. The highest BCUT2D eigenvalue weighted by Crippen LogP contribution is 2.35. The minimum Gasteiger partial charge on any atom is -0.395 e. The molecule has 1 fully saturated rings. The molecule has 0 radical (unpaired) electrons. The molecule has 1 saturated heterocycles. The lowest BCUT2D eigenvalue weighted by Gasteiger charge is -2.35. The van der Waals surface area contributed by atoms with Crippen LogP contribution >= 0.6 is 0 Å². The zero-order valence-electron chi connectivity index (χ0n) is 20.5. The number of pyridine rings is 1. The first-order valence-electron chi connectivity index (χ1n) is 11.9. The van der Waals surface area contributed by atoms with Gasteiger partial charge in [-0.1, -0.05) is 0 Å². The van der Waals surface area contributed by atoms with Crippen LogP contribution in [0.2, 0.25) is 0 Å². The fourth-order valence-corrected chi connectivity index (χ4v) is 3.91. The lowest BCUT2D eigenvalue weighted by molar-refractivity contribution is -0.231. The van der Waals surface area contributed by atoms with Gasteiger partial charge in [0.05, 0.1) is 42.3 Å². The van der Waals surface area contributed by atoms with E-state index < -0.39 is 11.7 Å². The van der Waals surface area contributed by atoms with Gasteiger partial charge in [-0.2, -0.15) is 0 Å². The number of aromatic amines is 1. The third kappa shape index (κ3) is 5.52. The van der Waals surface area contributed by atoms with Gasteiger partial charge in [-0.3, -0.25) is 9.78 Å². The molecule has 0 bridgehead atoms. The van der Waals surface area contributed by atoms with Crippen LogP contribution in [-0.2, 0) is 14.3 Å². The zero-order chi connectivity index (χ0) is 26.5. The van der Waals surface area contributed by atoms with Crippen LogP contribution in [0.15, 0.2) is 61.1 Å². The lowest BCUT2D eigenvalue weighted by atomic mass is 9.91. The van der Waals surface area contributed by atoms with Gasteiger partial charge in [0.15, 0.2) is 5.82 Å². The first-order chi connectivity index (χ1) is 18.4. The molecule has 0 spiro atoms. The number of aliphatic hydroxyl groups excluding tert-OH is 1. The van der Waals surface area contributed by atoms with E-state index in [9.17, 15) is 9.18 Å². The molecule has 0 saturated carbocycles. The number of hydrogen-bond acceptors (Lipinski definition) is 9. The highest BCUT2D eigenvalue weighted by Gasteiger charge is 2.40. The summed E-state index contributed by atoms with van der Waals surface area (Å²) in [7, 11) is 0. The van der Waals surface area contributed by atoms with Gasteiger partial charge in [-0.15, -0.1) is 0 Å². The van der Waals surface area contributed by atoms with E-state index in [1.807, 2.05) is 0 Å². The number of hydrogen-bond donors (Lipinski definition) is 4. The van der Waals surface area contributed by atoms with Gasteiger partial charge < -0.3 is 30.2 Å². The van der Waals surface area contributed by atoms with Gasteiger partial charge in [0.1, 0.15) is 5.82 Å². The van der Waals surface area contributed by atoms with E-state index in [0.717, 1.165) is 5.69 Å². The summed E-state index contributed by atoms with van der Waals surface area (Å²) in [6, 6.07) is 11.3. The van der Waals surface area contributed by atoms with E-state index in [-0.39, 0.29) is 38.1 Å². The third-order valence-electron chi connectivity index (χ3n) is 5.96. The zero-order valence-corrected chi connectivity index (χ0v) is 20.5. The maximum absolute atomic E-state index is 13.6. The van der Waals surface area contributed by atoms with Crippen molar-refractivity contribution in [1.29, 1.82) is 0 Å².